The summed E-state index contributed by atoms with van der Waals surface area (Å²) in [6.45, 7) is 13.8. The van der Waals surface area contributed by atoms with Crippen molar-refractivity contribution in [2.45, 2.75) is 96.3 Å². The molecular weight excluding hydrogens is 530 g/mol. The number of ether oxygens (including phenoxy) is 4. The van der Waals surface area contributed by atoms with Gasteiger partial charge in [0.2, 0.25) is 5.88 Å². The van der Waals surface area contributed by atoms with Crippen LogP contribution in [0.1, 0.15) is 51.8 Å². The van der Waals surface area contributed by atoms with Gasteiger partial charge in [0.15, 0.2) is 5.79 Å². The van der Waals surface area contributed by atoms with Crippen LogP contribution in [0.3, 0.4) is 0 Å². The first-order chi connectivity index (χ1) is 18.7. The number of nitrogens with zero attached hydrogens (tertiary/aromatic N) is 3. The Balaban J connectivity index is 1.67. The molecular formula is C29H41N3O7Si. The second kappa shape index (κ2) is 11.3. The molecule has 0 radical (unpaired) electrons. The number of hydrogen-bond donors (Lipinski definition) is 2. The van der Waals surface area contributed by atoms with Gasteiger partial charge in [-0.05, 0) is 24.4 Å². The Morgan fingerprint density at radius 3 is 2.40 bits per heavy atom. The molecule has 4 rings (SSSR count). The first-order valence-corrected chi connectivity index (χ1v) is 16.4. The molecule has 0 aliphatic carbocycles. The molecule has 0 amide bonds. The zero-order valence-corrected chi connectivity index (χ0v) is 25.5. The van der Waals surface area contributed by atoms with Crippen molar-refractivity contribution in [3.8, 4) is 5.88 Å². The van der Waals surface area contributed by atoms with Gasteiger partial charge in [-0.3, -0.25) is 0 Å². The average molecular weight is 572 g/mol. The van der Waals surface area contributed by atoms with E-state index in [1.165, 1.54) is 13.4 Å². The Morgan fingerprint density at radius 2 is 1.77 bits per heavy atom. The fraction of sp³-hybridized carbons (Fsp3) is 0.552. The van der Waals surface area contributed by atoms with Crippen LogP contribution in [0.4, 0.5) is 0 Å². The van der Waals surface area contributed by atoms with E-state index < -0.39 is 38.3 Å². The van der Waals surface area contributed by atoms with E-state index in [9.17, 15) is 15.0 Å². The van der Waals surface area contributed by atoms with Crippen LogP contribution in [0.15, 0.2) is 42.9 Å². The molecule has 11 heteroatoms. The van der Waals surface area contributed by atoms with Crippen molar-refractivity contribution >= 4 is 24.5 Å². The number of aromatic nitrogens is 3. The highest BCUT2D eigenvalue weighted by Gasteiger charge is 2.54. The molecule has 2 aromatic heterocycles. The summed E-state index contributed by atoms with van der Waals surface area (Å²) in [6.07, 6.45) is -1.80. The first kappa shape index (κ1) is 30.3. The zero-order valence-electron chi connectivity index (χ0n) is 24.5. The fourth-order valence-electron chi connectivity index (χ4n) is 4.80. The minimum Gasteiger partial charge on any atom is -0.479 e. The normalized spacial score (nSPS) is 20.9. The molecule has 1 saturated heterocycles. The van der Waals surface area contributed by atoms with Crippen molar-refractivity contribution in [2.75, 3.05) is 7.11 Å². The lowest BCUT2D eigenvalue weighted by atomic mass is 9.99. The summed E-state index contributed by atoms with van der Waals surface area (Å²) < 4.78 is 25.4. The van der Waals surface area contributed by atoms with Crippen LogP contribution in [0.25, 0.3) is 11.0 Å². The number of aliphatic hydroxyl groups excluding tert-OH is 2. The number of hydrogen-bond acceptors (Lipinski definition) is 9. The monoisotopic (exact) mass is 571 g/mol. The van der Waals surface area contributed by atoms with E-state index in [1.54, 1.807) is 24.6 Å². The van der Waals surface area contributed by atoms with Crippen LogP contribution in [-0.2, 0) is 32.3 Å². The summed E-state index contributed by atoms with van der Waals surface area (Å²) in [5.41, 5.74) is 2.42. The highest BCUT2D eigenvalue weighted by molar-refractivity contribution is 7.06. The minimum atomic E-state index is -2.59. The lowest BCUT2D eigenvalue weighted by molar-refractivity contribution is -0.162. The summed E-state index contributed by atoms with van der Waals surface area (Å²) in [5, 5.41) is 22.5. The van der Waals surface area contributed by atoms with Crippen molar-refractivity contribution in [1.29, 1.82) is 0 Å². The number of aliphatic hydroxyl groups is 2. The maximum atomic E-state index is 13.6. The molecule has 0 spiro atoms. The zero-order chi connectivity index (χ0) is 29.5. The molecule has 2 N–H and O–H groups in total. The minimum absolute atomic E-state index is 0.144. The number of fused-ring (bicyclic) bond motifs is 1. The van der Waals surface area contributed by atoms with Crippen molar-refractivity contribution in [1.82, 2.24) is 14.5 Å². The molecule has 3 aromatic rings. The molecule has 1 aromatic carbocycles. The summed E-state index contributed by atoms with van der Waals surface area (Å²) in [7, 11) is -1.08. The maximum absolute atomic E-state index is 13.6. The molecule has 40 heavy (non-hydrogen) atoms. The van der Waals surface area contributed by atoms with Gasteiger partial charge in [-0.25, -0.2) is 4.98 Å². The topological polar surface area (TPSA) is 125 Å². The van der Waals surface area contributed by atoms with Crippen LogP contribution in [0.2, 0.25) is 18.1 Å². The quantitative estimate of drug-likeness (QED) is 0.345. The molecule has 1 fully saturated rings. The number of benzene rings is 1. The van der Waals surface area contributed by atoms with Gasteiger partial charge in [-0.15, -0.1) is 0 Å². The van der Waals surface area contributed by atoms with E-state index in [4.69, 9.17) is 18.9 Å². The van der Waals surface area contributed by atoms with Gasteiger partial charge in [-0.1, -0.05) is 64.2 Å². The van der Waals surface area contributed by atoms with E-state index in [-0.39, 0.29) is 17.2 Å². The standard InChI is InChI=1S/C29H41N3O7Si/c1-28(2,3)40(7,8)27(35)23(34)25-24(38-29(4,5)39-25)22(33)19-14-32(17-37-15-18-12-10-9-11-13-18)21-20(19)30-16-31-26(21)36-6/h9-14,16,22-25,33-34H,15,17H2,1-8H3/t22?,23?,24-,25+/m0/s1. The summed E-state index contributed by atoms with van der Waals surface area (Å²) in [5.74, 6) is -0.810. The van der Waals surface area contributed by atoms with E-state index in [0.717, 1.165) is 5.56 Å². The maximum Gasteiger partial charge on any atom is 0.241 e. The molecule has 1 aliphatic rings. The lowest BCUT2D eigenvalue weighted by Crippen LogP contribution is -2.56. The highest BCUT2D eigenvalue weighted by Crippen LogP contribution is 2.42. The number of carbonyl (C=O) groups is 1. The number of rotatable bonds is 10. The highest BCUT2D eigenvalue weighted by atomic mass is 28.3. The van der Waals surface area contributed by atoms with Gasteiger partial charge in [0, 0.05) is 11.8 Å². The van der Waals surface area contributed by atoms with Crippen LogP contribution in [0.5, 0.6) is 5.88 Å². The van der Waals surface area contributed by atoms with Gasteiger partial charge in [0.25, 0.3) is 0 Å². The molecule has 2 unspecified atom stereocenters. The molecule has 0 saturated carbocycles. The van der Waals surface area contributed by atoms with Gasteiger partial charge >= 0.3 is 0 Å². The van der Waals surface area contributed by atoms with Gasteiger partial charge in [0.1, 0.15) is 62.0 Å². The van der Waals surface area contributed by atoms with Gasteiger partial charge in [0.05, 0.1) is 13.7 Å². The van der Waals surface area contributed by atoms with Crippen molar-refractivity contribution in [2.24, 2.45) is 0 Å². The lowest BCUT2D eigenvalue weighted by Gasteiger charge is -2.38. The summed E-state index contributed by atoms with van der Waals surface area (Å²) in [4.78, 5) is 22.3. The Labute approximate surface area is 236 Å². The first-order valence-electron chi connectivity index (χ1n) is 13.4. The Kier molecular flexibility index (Phi) is 8.56. The molecule has 4 atom stereocenters. The van der Waals surface area contributed by atoms with Crippen molar-refractivity contribution in [3.05, 3.63) is 54.0 Å². The Hall–Kier alpha value is -2.67. The van der Waals surface area contributed by atoms with Crippen molar-refractivity contribution in [3.63, 3.8) is 0 Å². The van der Waals surface area contributed by atoms with Gasteiger partial charge < -0.3 is 38.5 Å². The average Bonchev–Trinajstić information content (AvgIpc) is 3.44. The molecule has 3 heterocycles. The molecule has 0 bridgehead atoms. The van der Waals surface area contributed by atoms with E-state index in [2.05, 4.69) is 9.97 Å². The number of carbonyl (C=O) groups excluding carboxylic acids is 1. The Bertz CT molecular complexity index is 1340. The third-order valence-corrected chi connectivity index (χ3v) is 13.3. The predicted molar refractivity (Wildman–Crippen MR) is 152 cm³/mol. The third kappa shape index (κ3) is 5.85. The van der Waals surface area contributed by atoms with Crippen LogP contribution in [0, 0.1) is 0 Å². The molecule has 218 valence electrons. The Morgan fingerprint density at radius 1 is 1.12 bits per heavy atom. The third-order valence-electron chi connectivity index (χ3n) is 8.04. The smallest absolute Gasteiger partial charge is 0.241 e. The van der Waals surface area contributed by atoms with Crippen LogP contribution < -0.4 is 4.74 Å². The second-order valence-electron chi connectivity index (χ2n) is 12.3. The molecule has 10 nitrogen and oxygen atoms in total. The number of methoxy groups -OCH3 is 1. The SMILES string of the molecule is COc1ncnc2c(C(O)[C@@H]3OC(C)(C)O[C@@H]3C(O)C(=O)[Si](C)(C)C(C)(C)C)cn(COCc3ccccc3)c12. The van der Waals surface area contributed by atoms with Crippen molar-refractivity contribution < 1.29 is 34.0 Å². The molecule has 1 aliphatic heterocycles. The second-order valence-corrected chi connectivity index (χ2v) is 17.5. The van der Waals surface area contributed by atoms with E-state index in [1.807, 2.05) is 64.2 Å². The van der Waals surface area contributed by atoms with Crippen LogP contribution >= 0.6 is 0 Å². The van der Waals surface area contributed by atoms with E-state index in [0.29, 0.717) is 29.1 Å². The summed E-state index contributed by atoms with van der Waals surface area (Å²) >= 11 is 0. The summed E-state index contributed by atoms with van der Waals surface area (Å²) in [6, 6.07) is 9.78. The van der Waals surface area contributed by atoms with Gasteiger partial charge in [-0.2, -0.15) is 4.98 Å². The fourth-order valence-corrected chi connectivity index (χ4v) is 6.44. The van der Waals surface area contributed by atoms with E-state index >= 15 is 0 Å². The predicted octanol–water partition coefficient (Wildman–Crippen LogP) is 4.15. The largest absolute Gasteiger partial charge is 0.479 e. The van der Waals surface area contributed by atoms with Crippen LogP contribution in [-0.4, -0.2) is 69.4 Å².